The Kier molecular flexibility index (Phi) is 4.81. The van der Waals surface area contributed by atoms with E-state index in [9.17, 15) is 9.18 Å². The first-order valence-electron chi connectivity index (χ1n) is 6.92. The van der Waals surface area contributed by atoms with Crippen molar-refractivity contribution in [2.24, 2.45) is 5.10 Å². The zero-order valence-electron chi connectivity index (χ0n) is 12.3. The average Bonchev–Trinajstić information content (AvgIpc) is 3.03. The number of hydrogen-bond donors (Lipinski definition) is 1. The SMILES string of the molecule is O=C(COc1ccccc1F)N/N=C\c1cc(Cl)c2c(c1)OCO2. The number of hydrogen-bond acceptors (Lipinski definition) is 5. The molecule has 0 fully saturated rings. The van der Waals surface area contributed by atoms with Crippen LogP contribution in [0.15, 0.2) is 41.5 Å². The van der Waals surface area contributed by atoms with Gasteiger partial charge in [-0.3, -0.25) is 4.79 Å². The number of nitrogens with one attached hydrogen (secondary N) is 1. The molecule has 8 heteroatoms. The summed E-state index contributed by atoms with van der Waals surface area (Å²) in [5.74, 6) is -0.0707. The average molecular weight is 351 g/mol. The summed E-state index contributed by atoms with van der Waals surface area (Å²) in [5, 5.41) is 4.18. The fourth-order valence-electron chi connectivity index (χ4n) is 1.98. The van der Waals surface area contributed by atoms with Crippen molar-refractivity contribution in [1.29, 1.82) is 0 Å². The first-order chi connectivity index (χ1) is 11.6. The predicted octanol–water partition coefficient (Wildman–Crippen LogP) is 2.74. The van der Waals surface area contributed by atoms with Gasteiger partial charge in [0.15, 0.2) is 29.7 Å². The van der Waals surface area contributed by atoms with Crippen LogP contribution in [0.2, 0.25) is 5.02 Å². The summed E-state index contributed by atoms with van der Waals surface area (Å²) in [6, 6.07) is 9.12. The summed E-state index contributed by atoms with van der Waals surface area (Å²) in [4.78, 5) is 11.6. The highest BCUT2D eigenvalue weighted by Crippen LogP contribution is 2.39. The van der Waals surface area contributed by atoms with E-state index in [0.717, 1.165) is 0 Å². The lowest BCUT2D eigenvalue weighted by molar-refractivity contribution is -0.123. The second-order valence-corrected chi connectivity index (χ2v) is 5.16. The van der Waals surface area contributed by atoms with Crippen LogP contribution in [0, 0.1) is 5.82 Å². The Morgan fingerprint density at radius 2 is 2.21 bits per heavy atom. The van der Waals surface area contributed by atoms with E-state index >= 15 is 0 Å². The third-order valence-electron chi connectivity index (χ3n) is 3.05. The van der Waals surface area contributed by atoms with E-state index in [-0.39, 0.29) is 19.1 Å². The molecule has 2 aromatic carbocycles. The minimum absolute atomic E-state index is 0.000757. The van der Waals surface area contributed by atoms with Crippen molar-refractivity contribution >= 4 is 23.7 Å². The summed E-state index contributed by atoms with van der Waals surface area (Å²) < 4.78 is 28.8. The van der Waals surface area contributed by atoms with Gasteiger partial charge in [0.05, 0.1) is 11.2 Å². The van der Waals surface area contributed by atoms with E-state index < -0.39 is 11.7 Å². The van der Waals surface area contributed by atoms with Crippen molar-refractivity contribution in [1.82, 2.24) is 5.43 Å². The number of halogens is 2. The molecule has 1 N–H and O–H groups in total. The Hall–Kier alpha value is -2.80. The number of amides is 1. The molecule has 0 saturated carbocycles. The van der Waals surface area contributed by atoms with Gasteiger partial charge in [-0.05, 0) is 29.8 Å². The van der Waals surface area contributed by atoms with E-state index in [2.05, 4.69) is 10.5 Å². The van der Waals surface area contributed by atoms with Crippen molar-refractivity contribution in [3.63, 3.8) is 0 Å². The molecule has 0 unspecified atom stereocenters. The number of carbonyl (C=O) groups excluding carboxylic acids is 1. The van der Waals surface area contributed by atoms with Crippen molar-refractivity contribution in [3.05, 3.63) is 52.8 Å². The van der Waals surface area contributed by atoms with Crippen LogP contribution < -0.4 is 19.6 Å². The van der Waals surface area contributed by atoms with Crippen LogP contribution in [0.3, 0.4) is 0 Å². The van der Waals surface area contributed by atoms with Gasteiger partial charge in [0.1, 0.15) is 0 Å². The molecule has 2 aromatic rings. The first kappa shape index (κ1) is 16.1. The maximum atomic E-state index is 13.3. The van der Waals surface area contributed by atoms with Crippen LogP contribution in [0.1, 0.15) is 5.56 Å². The molecule has 0 aliphatic carbocycles. The smallest absolute Gasteiger partial charge is 0.277 e. The molecule has 0 aromatic heterocycles. The molecular weight excluding hydrogens is 339 g/mol. The molecule has 1 aliphatic rings. The van der Waals surface area contributed by atoms with Gasteiger partial charge in [-0.25, -0.2) is 9.82 Å². The summed E-state index contributed by atoms with van der Waals surface area (Å²) in [7, 11) is 0. The largest absolute Gasteiger partial charge is 0.481 e. The van der Waals surface area contributed by atoms with Gasteiger partial charge >= 0.3 is 0 Å². The molecule has 124 valence electrons. The van der Waals surface area contributed by atoms with Crippen molar-refractivity contribution in [2.45, 2.75) is 0 Å². The third-order valence-corrected chi connectivity index (χ3v) is 3.33. The van der Waals surface area contributed by atoms with Gasteiger partial charge in [0.25, 0.3) is 5.91 Å². The number of fused-ring (bicyclic) bond motifs is 1. The molecule has 1 heterocycles. The predicted molar refractivity (Wildman–Crippen MR) is 85.2 cm³/mol. The van der Waals surface area contributed by atoms with Gasteiger partial charge < -0.3 is 14.2 Å². The van der Waals surface area contributed by atoms with E-state index in [1.807, 2.05) is 0 Å². The lowest BCUT2D eigenvalue weighted by Gasteiger charge is -2.05. The zero-order valence-corrected chi connectivity index (χ0v) is 13.0. The third kappa shape index (κ3) is 3.75. The molecule has 0 atom stereocenters. The standard InChI is InChI=1S/C16H12ClFN2O4/c17-11-5-10(6-14-16(11)24-9-23-14)7-19-20-15(21)8-22-13-4-2-1-3-12(13)18/h1-7H,8-9H2,(H,20,21)/b19-7-. The number of rotatable bonds is 5. The van der Waals surface area contributed by atoms with Crippen LogP contribution in [0.4, 0.5) is 4.39 Å². The molecule has 0 spiro atoms. The summed E-state index contributed by atoms with van der Waals surface area (Å²) in [6.07, 6.45) is 1.40. The van der Waals surface area contributed by atoms with Crippen molar-refractivity contribution in [2.75, 3.05) is 13.4 Å². The van der Waals surface area contributed by atoms with E-state index in [1.165, 1.54) is 24.4 Å². The van der Waals surface area contributed by atoms with E-state index in [1.54, 1.807) is 18.2 Å². The molecule has 0 radical (unpaired) electrons. The second-order valence-electron chi connectivity index (χ2n) is 4.75. The highest BCUT2D eigenvalue weighted by atomic mass is 35.5. The van der Waals surface area contributed by atoms with Crippen molar-refractivity contribution in [3.8, 4) is 17.2 Å². The lowest BCUT2D eigenvalue weighted by Crippen LogP contribution is -2.24. The molecule has 0 bridgehead atoms. The quantitative estimate of drug-likeness (QED) is 0.665. The number of carbonyl (C=O) groups is 1. The van der Waals surface area contributed by atoms with Crippen LogP contribution >= 0.6 is 11.6 Å². The van der Waals surface area contributed by atoms with Crippen LogP contribution in [0.5, 0.6) is 17.2 Å². The Balaban J connectivity index is 1.54. The minimum atomic E-state index is -0.538. The zero-order chi connectivity index (χ0) is 16.9. The molecule has 1 aliphatic heterocycles. The molecular formula is C16H12ClFN2O4. The van der Waals surface area contributed by atoms with E-state index in [4.69, 9.17) is 25.8 Å². The number of ether oxygens (including phenoxy) is 3. The van der Waals surface area contributed by atoms with Gasteiger partial charge in [-0.2, -0.15) is 5.10 Å². The Morgan fingerprint density at radius 1 is 1.38 bits per heavy atom. The first-order valence-corrected chi connectivity index (χ1v) is 7.29. The van der Waals surface area contributed by atoms with Crippen LogP contribution in [-0.2, 0) is 4.79 Å². The molecule has 0 saturated heterocycles. The fourth-order valence-corrected chi connectivity index (χ4v) is 2.25. The fraction of sp³-hybridized carbons (Fsp3) is 0.125. The van der Waals surface area contributed by atoms with Crippen molar-refractivity contribution < 1.29 is 23.4 Å². The number of hydrazone groups is 1. The summed E-state index contributed by atoms with van der Waals surface area (Å²) >= 11 is 6.04. The highest BCUT2D eigenvalue weighted by Gasteiger charge is 2.17. The van der Waals surface area contributed by atoms with Crippen LogP contribution in [0.25, 0.3) is 0 Å². The highest BCUT2D eigenvalue weighted by molar-refractivity contribution is 6.32. The second kappa shape index (κ2) is 7.18. The molecule has 24 heavy (non-hydrogen) atoms. The molecule has 1 amide bonds. The van der Waals surface area contributed by atoms with Gasteiger partial charge in [0.2, 0.25) is 6.79 Å². The normalized spacial score (nSPS) is 12.4. The lowest BCUT2D eigenvalue weighted by atomic mass is 10.2. The number of nitrogens with zero attached hydrogens (tertiary/aromatic N) is 1. The summed E-state index contributed by atoms with van der Waals surface area (Å²) in [6.45, 7) is -0.250. The Labute approximate surface area is 141 Å². The number of para-hydroxylation sites is 1. The van der Waals surface area contributed by atoms with Crippen LogP contribution in [-0.4, -0.2) is 25.5 Å². The maximum Gasteiger partial charge on any atom is 0.277 e. The Bertz CT molecular complexity index is 798. The Morgan fingerprint density at radius 3 is 3.04 bits per heavy atom. The topological polar surface area (TPSA) is 69.2 Å². The molecule has 3 rings (SSSR count). The van der Waals surface area contributed by atoms with Gasteiger partial charge in [-0.1, -0.05) is 23.7 Å². The number of benzene rings is 2. The minimum Gasteiger partial charge on any atom is -0.481 e. The van der Waals surface area contributed by atoms with Gasteiger partial charge in [-0.15, -0.1) is 0 Å². The maximum absolute atomic E-state index is 13.3. The van der Waals surface area contributed by atoms with Gasteiger partial charge in [0, 0.05) is 0 Å². The monoisotopic (exact) mass is 350 g/mol. The summed E-state index contributed by atoms with van der Waals surface area (Å²) in [5.41, 5.74) is 2.90. The van der Waals surface area contributed by atoms with E-state index in [0.29, 0.717) is 22.1 Å². The molecule has 6 nitrogen and oxygen atoms in total.